The van der Waals surface area contributed by atoms with Crippen molar-refractivity contribution in [1.29, 1.82) is 0 Å². The van der Waals surface area contributed by atoms with Crippen molar-refractivity contribution in [1.82, 2.24) is 5.32 Å². The molecule has 0 fully saturated rings. The summed E-state index contributed by atoms with van der Waals surface area (Å²) in [6.45, 7) is 5.99. The fraction of sp³-hybridized carbons (Fsp3) is 0.148. The molecule has 1 amide bonds. The molecule has 1 heterocycles. The lowest BCUT2D eigenvalue weighted by atomic mass is 10.00. The first-order chi connectivity index (χ1) is 15.8. The molecule has 166 valence electrons. The van der Waals surface area contributed by atoms with Crippen LogP contribution in [0.5, 0.6) is 5.75 Å². The van der Waals surface area contributed by atoms with Crippen molar-refractivity contribution in [3.8, 4) is 5.75 Å². The average molecular weight is 441 g/mol. The molecule has 0 bridgehead atoms. The Labute approximate surface area is 190 Å². The molecule has 4 rings (SSSR count). The monoisotopic (exact) mass is 441 g/mol. The highest BCUT2D eigenvalue weighted by Crippen LogP contribution is 2.23. The standard InChI is InChI=1S/C27H23NO5/c1-16-11-17(2)24(18(3)12-16)27(31)32-21-10-9-20-13-22(26(30)33-23(20)14-21)25(29)28-15-19-7-5-4-6-8-19/h4-14H,15H2,1-3H3,(H,28,29). The molecule has 3 aromatic carbocycles. The smallest absolute Gasteiger partial charge is 0.349 e. The molecule has 33 heavy (non-hydrogen) atoms. The summed E-state index contributed by atoms with van der Waals surface area (Å²) in [4.78, 5) is 37.7. The van der Waals surface area contributed by atoms with Gasteiger partial charge in [-0.2, -0.15) is 0 Å². The van der Waals surface area contributed by atoms with Crippen molar-refractivity contribution >= 4 is 22.8 Å². The minimum absolute atomic E-state index is 0.0888. The maximum absolute atomic E-state index is 12.7. The Kier molecular flexibility index (Phi) is 6.09. The number of nitrogens with one attached hydrogen (secondary N) is 1. The van der Waals surface area contributed by atoms with Gasteiger partial charge in [-0.1, -0.05) is 48.0 Å². The molecule has 4 aromatic rings. The Balaban J connectivity index is 1.55. The average Bonchev–Trinajstić information content (AvgIpc) is 2.77. The summed E-state index contributed by atoms with van der Waals surface area (Å²) in [7, 11) is 0. The Morgan fingerprint density at radius 1 is 0.909 bits per heavy atom. The van der Waals surface area contributed by atoms with Crippen LogP contribution in [0.4, 0.5) is 0 Å². The lowest BCUT2D eigenvalue weighted by molar-refractivity contribution is 0.0733. The zero-order chi connectivity index (χ0) is 23.5. The first-order valence-corrected chi connectivity index (χ1v) is 10.5. The summed E-state index contributed by atoms with van der Waals surface area (Å²) < 4.78 is 10.9. The van der Waals surface area contributed by atoms with Crippen molar-refractivity contribution in [2.24, 2.45) is 0 Å². The third-order valence-corrected chi connectivity index (χ3v) is 5.34. The Morgan fingerprint density at radius 2 is 1.61 bits per heavy atom. The van der Waals surface area contributed by atoms with E-state index in [2.05, 4.69) is 5.32 Å². The zero-order valence-electron chi connectivity index (χ0n) is 18.6. The molecule has 1 N–H and O–H groups in total. The lowest BCUT2D eigenvalue weighted by Crippen LogP contribution is -2.27. The van der Waals surface area contributed by atoms with E-state index in [1.807, 2.05) is 63.2 Å². The molecule has 0 aliphatic carbocycles. The van der Waals surface area contributed by atoms with Crippen LogP contribution in [0.2, 0.25) is 0 Å². The van der Waals surface area contributed by atoms with Crippen LogP contribution in [-0.2, 0) is 6.54 Å². The Morgan fingerprint density at radius 3 is 2.30 bits per heavy atom. The number of rotatable bonds is 5. The number of hydrogen-bond acceptors (Lipinski definition) is 5. The molecule has 1 aromatic heterocycles. The van der Waals surface area contributed by atoms with Gasteiger partial charge in [-0.3, -0.25) is 4.79 Å². The number of carbonyl (C=O) groups excluding carboxylic acids is 2. The van der Waals surface area contributed by atoms with E-state index in [9.17, 15) is 14.4 Å². The lowest BCUT2D eigenvalue weighted by Gasteiger charge is -2.11. The highest BCUT2D eigenvalue weighted by Gasteiger charge is 2.17. The van der Waals surface area contributed by atoms with Crippen LogP contribution in [0.3, 0.4) is 0 Å². The fourth-order valence-corrected chi connectivity index (χ4v) is 3.85. The maximum Gasteiger partial charge on any atom is 0.349 e. The predicted molar refractivity (Wildman–Crippen MR) is 126 cm³/mol. The number of hydrogen-bond donors (Lipinski definition) is 1. The molecule has 0 saturated heterocycles. The van der Waals surface area contributed by atoms with Gasteiger partial charge in [0.25, 0.3) is 5.91 Å². The number of fused-ring (bicyclic) bond motifs is 1. The second-order valence-electron chi connectivity index (χ2n) is 7.98. The third-order valence-electron chi connectivity index (χ3n) is 5.34. The largest absolute Gasteiger partial charge is 0.423 e. The van der Waals surface area contributed by atoms with Gasteiger partial charge in [-0.25, -0.2) is 9.59 Å². The summed E-state index contributed by atoms with van der Waals surface area (Å²) in [6, 6.07) is 19.4. The highest BCUT2D eigenvalue weighted by molar-refractivity contribution is 5.97. The zero-order valence-corrected chi connectivity index (χ0v) is 18.6. The van der Waals surface area contributed by atoms with Crippen molar-refractivity contribution in [2.45, 2.75) is 27.3 Å². The van der Waals surface area contributed by atoms with Crippen molar-refractivity contribution in [3.63, 3.8) is 0 Å². The van der Waals surface area contributed by atoms with Crippen LogP contribution < -0.4 is 15.7 Å². The SMILES string of the molecule is Cc1cc(C)c(C(=O)Oc2ccc3cc(C(=O)NCc4ccccc4)c(=O)oc3c2)c(C)c1. The fourth-order valence-electron chi connectivity index (χ4n) is 3.85. The van der Waals surface area contributed by atoms with Crippen LogP contribution in [0.1, 0.15) is 43.0 Å². The van der Waals surface area contributed by atoms with Gasteiger partial charge in [0.1, 0.15) is 16.9 Å². The minimum atomic E-state index is -0.762. The van der Waals surface area contributed by atoms with Gasteiger partial charge in [-0.05, 0) is 55.7 Å². The van der Waals surface area contributed by atoms with Gasteiger partial charge >= 0.3 is 11.6 Å². The van der Waals surface area contributed by atoms with Crippen LogP contribution >= 0.6 is 0 Å². The van der Waals surface area contributed by atoms with E-state index in [4.69, 9.17) is 9.15 Å². The van der Waals surface area contributed by atoms with Crippen molar-refractivity contribution in [2.75, 3.05) is 0 Å². The predicted octanol–water partition coefficient (Wildman–Crippen LogP) is 4.87. The molecular formula is C27H23NO5. The molecule has 0 spiro atoms. The normalized spacial score (nSPS) is 10.8. The summed E-state index contributed by atoms with van der Waals surface area (Å²) in [6.07, 6.45) is 0. The number of amides is 1. The third kappa shape index (κ3) is 4.85. The molecule has 0 saturated carbocycles. The second-order valence-corrected chi connectivity index (χ2v) is 7.98. The number of ether oxygens (including phenoxy) is 1. The van der Waals surface area contributed by atoms with Crippen LogP contribution in [-0.4, -0.2) is 11.9 Å². The van der Waals surface area contributed by atoms with E-state index >= 15 is 0 Å². The van der Waals surface area contributed by atoms with Crippen LogP contribution in [0, 0.1) is 20.8 Å². The molecule has 0 atom stereocenters. The first kappa shape index (κ1) is 22.0. The van der Waals surface area contributed by atoms with Gasteiger partial charge in [0.2, 0.25) is 0 Å². The highest BCUT2D eigenvalue weighted by atomic mass is 16.5. The molecule has 6 nitrogen and oxygen atoms in total. The molecule has 6 heteroatoms. The van der Waals surface area contributed by atoms with Crippen molar-refractivity contribution in [3.05, 3.63) is 111 Å². The van der Waals surface area contributed by atoms with Gasteiger partial charge in [0.15, 0.2) is 0 Å². The summed E-state index contributed by atoms with van der Waals surface area (Å²) in [5.74, 6) is -0.754. The van der Waals surface area contributed by atoms with Crippen LogP contribution in [0.15, 0.2) is 75.9 Å². The van der Waals surface area contributed by atoms with Gasteiger partial charge in [0.05, 0.1) is 5.56 Å². The minimum Gasteiger partial charge on any atom is -0.423 e. The molecule has 0 radical (unpaired) electrons. The summed E-state index contributed by atoms with van der Waals surface area (Å²) in [5.41, 5.74) is 3.52. The second kappa shape index (κ2) is 9.12. The Bertz CT molecular complexity index is 1400. The van der Waals surface area contributed by atoms with Crippen molar-refractivity contribution < 1.29 is 18.7 Å². The summed E-state index contributed by atoms with van der Waals surface area (Å²) in [5, 5.41) is 3.27. The molecule has 0 aliphatic rings. The van der Waals surface area contributed by atoms with E-state index in [0.29, 0.717) is 17.5 Å². The first-order valence-electron chi connectivity index (χ1n) is 10.5. The van der Waals surface area contributed by atoms with Gasteiger partial charge in [-0.15, -0.1) is 0 Å². The van der Waals surface area contributed by atoms with E-state index in [1.165, 1.54) is 12.1 Å². The molecular weight excluding hydrogens is 418 g/mol. The van der Waals surface area contributed by atoms with E-state index in [0.717, 1.165) is 22.3 Å². The molecule has 0 aliphatic heterocycles. The van der Waals surface area contributed by atoms with Gasteiger partial charge < -0.3 is 14.5 Å². The quantitative estimate of drug-likeness (QED) is 0.271. The van der Waals surface area contributed by atoms with E-state index < -0.39 is 17.5 Å². The number of esters is 1. The van der Waals surface area contributed by atoms with Crippen LogP contribution in [0.25, 0.3) is 11.0 Å². The number of carbonyl (C=O) groups is 2. The van der Waals surface area contributed by atoms with E-state index in [-0.39, 0.29) is 16.9 Å². The maximum atomic E-state index is 12.7. The Hall–Kier alpha value is -4.19. The number of benzene rings is 3. The van der Waals surface area contributed by atoms with E-state index in [1.54, 1.807) is 12.1 Å². The summed E-state index contributed by atoms with van der Waals surface area (Å²) >= 11 is 0. The van der Waals surface area contributed by atoms with Gasteiger partial charge in [0, 0.05) is 18.0 Å². The number of aryl methyl sites for hydroxylation is 3. The topological polar surface area (TPSA) is 85.6 Å². The molecule has 0 unspecified atom stereocenters.